The molecule has 0 aliphatic heterocycles. The quantitative estimate of drug-likeness (QED) is 0.460. The highest BCUT2D eigenvalue weighted by atomic mass is 35.5. The van der Waals surface area contributed by atoms with Gasteiger partial charge in [-0.3, -0.25) is 9.79 Å². The third-order valence-electron chi connectivity index (χ3n) is 0.212. The highest BCUT2D eigenvalue weighted by Gasteiger charge is 2.10. The molecule has 0 aromatic carbocycles. The first-order valence-corrected chi connectivity index (χ1v) is 2.94. The molecule has 0 saturated heterocycles. The van der Waals surface area contributed by atoms with Crippen molar-refractivity contribution in [2.75, 3.05) is 0 Å². The van der Waals surface area contributed by atoms with E-state index in [1.54, 1.807) is 0 Å². The van der Waals surface area contributed by atoms with Gasteiger partial charge in [-0.2, -0.15) is 0 Å². The molecular weight excluding hydrogens is 154 g/mol. The van der Waals surface area contributed by atoms with E-state index in [-0.39, 0.29) is 12.4 Å². The maximum absolute atomic E-state index is 9.63. The average Bonchev–Trinajstić information content (AvgIpc) is 1.30. The number of phosphoric ester groups is 1. The van der Waals surface area contributed by atoms with Crippen LogP contribution in [0.3, 0.4) is 0 Å². The van der Waals surface area contributed by atoms with Crippen LogP contribution in [0.2, 0.25) is 0 Å². The number of halogens is 1. The minimum absolute atomic E-state index is 0. The van der Waals surface area contributed by atoms with Crippen LogP contribution in [0, 0.1) is 0 Å². The van der Waals surface area contributed by atoms with Crippen molar-refractivity contribution in [1.82, 2.24) is 0 Å². The van der Waals surface area contributed by atoms with Gasteiger partial charge in [-0.05, 0) is 0 Å². The van der Waals surface area contributed by atoms with E-state index in [1.165, 1.54) is 0 Å². The van der Waals surface area contributed by atoms with Gasteiger partial charge in [0.1, 0.15) is 0 Å². The number of hydrogen-bond acceptors (Lipinski definition) is 2. The third kappa shape index (κ3) is 9.36. The van der Waals surface area contributed by atoms with Crippen LogP contribution in [0.5, 0.6) is 0 Å². The van der Waals surface area contributed by atoms with Crippen molar-refractivity contribution in [3.8, 4) is 0 Å². The molecule has 0 amide bonds. The van der Waals surface area contributed by atoms with Gasteiger partial charge in [-0.25, -0.2) is 4.57 Å². The molecule has 0 fully saturated rings. The molecule has 0 aromatic rings. The highest BCUT2D eigenvalue weighted by Crippen LogP contribution is 2.35. The third-order valence-corrected chi connectivity index (χ3v) is 0.636. The molecule has 6 heteroatoms. The Morgan fingerprint density at radius 3 is 2.00 bits per heavy atom. The summed E-state index contributed by atoms with van der Waals surface area (Å²) in [6.07, 6.45) is 0.695. The van der Waals surface area contributed by atoms with E-state index in [1.807, 2.05) is 0 Å². The summed E-state index contributed by atoms with van der Waals surface area (Å²) in [6.45, 7) is 2.93. The van der Waals surface area contributed by atoms with Crippen molar-refractivity contribution in [2.45, 2.75) is 0 Å². The normalized spacial score (nSPS) is 9.25. The predicted octanol–water partition coefficient (Wildman–Crippen LogP) is 0.661. The Balaban J connectivity index is 0. The van der Waals surface area contributed by atoms with Gasteiger partial charge < -0.3 is 4.52 Å². The van der Waals surface area contributed by atoms with Gasteiger partial charge >= 0.3 is 7.82 Å². The van der Waals surface area contributed by atoms with Gasteiger partial charge in [0.2, 0.25) is 0 Å². The zero-order chi connectivity index (χ0) is 5.91. The standard InChI is InChI=1S/C2H5O4P.ClH/c1-2-6-7(3,4)5;/h2H,1H2,(H2,3,4,5);1H. The lowest BCUT2D eigenvalue weighted by Crippen LogP contribution is -1.75. The number of rotatable bonds is 2. The minimum Gasteiger partial charge on any atom is -0.413 e. The first-order chi connectivity index (χ1) is 3.06. The lowest BCUT2D eigenvalue weighted by molar-refractivity contribution is 0.259. The SMILES string of the molecule is C=COP(=O)(O)O.Cl. The van der Waals surface area contributed by atoms with Gasteiger partial charge in [0.15, 0.2) is 0 Å². The van der Waals surface area contributed by atoms with Crippen molar-refractivity contribution in [2.24, 2.45) is 0 Å². The van der Waals surface area contributed by atoms with E-state index in [2.05, 4.69) is 11.1 Å². The molecular formula is C2H6ClO4P. The van der Waals surface area contributed by atoms with Crippen LogP contribution in [-0.4, -0.2) is 9.79 Å². The molecule has 0 atom stereocenters. The molecule has 0 unspecified atom stereocenters. The van der Waals surface area contributed by atoms with E-state index in [0.29, 0.717) is 6.26 Å². The predicted molar refractivity (Wildman–Crippen MR) is 30.6 cm³/mol. The van der Waals surface area contributed by atoms with Crippen molar-refractivity contribution in [3.63, 3.8) is 0 Å². The molecule has 0 aliphatic rings. The summed E-state index contributed by atoms with van der Waals surface area (Å²) in [7, 11) is -4.28. The summed E-state index contributed by atoms with van der Waals surface area (Å²) in [4.78, 5) is 15.7. The summed E-state index contributed by atoms with van der Waals surface area (Å²) < 4.78 is 13.3. The van der Waals surface area contributed by atoms with E-state index >= 15 is 0 Å². The first-order valence-electron chi connectivity index (χ1n) is 1.41. The molecule has 0 rings (SSSR count). The average molecular weight is 160 g/mol. The van der Waals surface area contributed by atoms with E-state index in [9.17, 15) is 4.57 Å². The fourth-order valence-corrected chi connectivity index (χ4v) is 0.291. The maximum atomic E-state index is 9.63. The van der Waals surface area contributed by atoms with Crippen LogP contribution < -0.4 is 0 Å². The zero-order valence-electron chi connectivity index (χ0n) is 3.85. The van der Waals surface area contributed by atoms with Gasteiger partial charge in [0.05, 0.1) is 6.26 Å². The summed E-state index contributed by atoms with van der Waals surface area (Å²) in [5.74, 6) is 0. The smallest absolute Gasteiger partial charge is 0.413 e. The first kappa shape index (κ1) is 10.9. The Bertz CT molecular complexity index is 107. The second kappa shape index (κ2) is 3.92. The lowest BCUT2D eigenvalue weighted by Gasteiger charge is -1.96. The minimum atomic E-state index is -4.28. The van der Waals surface area contributed by atoms with Crippen LogP contribution in [0.1, 0.15) is 0 Å². The number of phosphoric acid groups is 1. The van der Waals surface area contributed by atoms with Crippen LogP contribution in [0.4, 0.5) is 0 Å². The second-order valence-corrected chi connectivity index (χ2v) is 1.95. The van der Waals surface area contributed by atoms with Gasteiger partial charge in [-0.15, -0.1) is 12.4 Å². The summed E-state index contributed by atoms with van der Waals surface area (Å²) in [6, 6.07) is 0. The topological polar surface area (TPSA) is 66.8 Å². The molecule has 2 N–H and O–H groups in total. The molecule has 0 aliphatic carbocycles. The molecule has 8 heavy (non-hydrogen) atoms. The van der Waals surface area contributed by atoms with Crippen LogP contribution >= 0.6 is 20.2 Å². The molecule has 4 nitrogen and oxygen atoms in total. The molecule has 0 heterocycles. The Labute approximate surface area is 52.8 Å². The maximum Gasteiger partial charge on any atom is 0.524 e. The second-order valence-electron chi connectivity index (χ2n) is 0.763. The van der Waals surface area contributed by atoms with E-state index < -0.39 is 7.82 Å². The highest BCUT2D eigenvalue weighted by molar-refractivity contribution is 7.46. The molecule has 0 radical (unpaired) electrons. The van der Waals surface area contributed by atoms with Gasteiger partial charge in [-0.1, -0.05) is 6.58 Å². The summed E-state index contributed by atoms with van der Waals surface area (Å²) in [5, 5.41) is 0. The van der Waals surface area contributed by atoms with Crippen LogP contribution in [0.15, 0.2) is 12.8 Å². The van der Waals surface area contributed by atoms with Gasteiger partial charge in [0, 0.05) is 0 Å². The van der Waals surface area contributed by atoms with E-state index in [0.717, 1.165) is 0 Å². The Hall–Kier alpha value is -0.0200. The van der Waals surface area contributed by atoms with Crippen LogP contribution in [0.25, 0.3) is 0 Å². The Kier molecular flexibility index (Phi) is 5.33. The van der Waals surface area contributed by atoms with Crippen molar-refractivity contribution >= 4 is 20.2 Å². The number of hydrogen-bond donors (Lipinski definition) is 2. The monoisotopic (exact) mass is 160 g/mol. The largest absolute Gasteiger partial charge is 0.524 e. The summed E-state index contributed by atoms with van der Waals surface area (Å²) >= 11 is 0. The van der Waals surface area contributed by atoms with E-state index in [4.69, 9.17) is 9.79 Å². The fraction of sp³-hybridized carbons (Fsp3) is 0. The molecule has 0 bridgehead atoms. The summed E-state index contributed by atoms with van der Waals surface area (Å²) in [5.41, 5.74) is 0. The molecule has 0 saturated carbocycles. The lowest BCUT2D eigenvalue weighted by atomic mass is 11.2. The van der Waals surface area contributed by atoms with Crippen LogP contribution in [-0.2, 0) is 9.09 Å². The zero-order valence-corrected chi connectivity index (χ0v) is 5.56. The van der Waals surface area contributed by atoms with Crippen molar-refractivity contribution < 1.29 is 18.9 Å². The molecule has 50 valence electrons. The molecule has 0 aromatic heterocycles. The molecule has 0 spiro atoms. The van der Waals surface area contributed by atoms with Gasteiger partial charge in [0.25, 0.3) is 0 Å². The fourth-order valence-electron chi connectivity index (χ4n) is 0.0971. The Morgan fingerprint density at radius 2 is 2.00 bits per heavy atom. The van der Waals surface area contributed by atoms with Crippen molar-refractivity contribution in [1.29, 1.82) is 0 Å². The van der Waals surface area contributed by atoms with Crippen molar-refractivity contribution in [3.05, 3.63) is 12.8 Å². The Morgan fingerprint density at radius 1 is 1.62 bits per heavy atom.